The zero-order chi connectivity index (χ0) is 22.5. The highest BCUT2D eigenvalue weighted by Gasteiger charge is 2.57. The second-order valence-electron chi connectivity index (χ2n) is 9.09. The van der Waals surface area contributed by atoms with Crippen molar-refractivity contribution >= 4 is 17.8 Å². The van der Waals surface area contributed by atoms with Gasteiger partial charge in [-0.1, -0.05) is 36.4 Å². The van der Waals surface area contributed by atoms with Gasteiger partial charge in [-0.3, -0.25) is 19.8 Å². The van der Waals surface area contributed by atoms with Crippen molar-refractivity contribution < 1.29 is 18.8 Å². The molecular weight excluding hydrogens is 409 g/mol. The molecule has 1 saturated carbocycles. The zero-order valence-electron chi connectivity index (χ0n) is 18.0. The molecule has 4 amide bonds. The molecule has 2 unspecified atom stereocenters. The van der Waals surface area contributed by atoms with E-state index in [2.05, 4.69) is 12.2 Å². The third-order valence-electron chi connectivity index (χ3n) is 7.18. The van der Waals surface area contributed by atoms with Gasteiger partial charge in [0.15, 0.2) is 0 Å². The largest absolute Gasteiger partial charge is 0.334 e. The van der Waals surface area contributed by atoms with Gasteiger partial charge in [0.2, 0.25) is 5.91 Å². The number of urea groups is 1. The highest BCUT2D eigenvalue weighted by Crippen LogP contribution is 2.45. The zero-order valence-corrected chi connectivity index (χ0v) is 18.0. The normalized spacial score (nSPS) is 22.8. The van der Waals surface area contributed by atoms with Gasteiger partial charge >= 0.3 is 6.03 Å². The fourth-order valence-corrected chi connectivity index (χ4v) is 5.21. The van der Waals surface area contributed by atoms with Crippen LogP contribution < -0.4 is 5.32 Å². The van der Waals surface area contributed by atoms with E-state index < -0.39 is 17.5 Å². The monoisotopic (exact) mass is 435 g/mol. The lowest BCUT2D eigenvalue weighted by atomic mass is 9.90. The summed E-state index contributed by atoms with van der Waals surface area (Å²) in [5.74, 6) is -0.542. The second kappa shape index (κ2) is 7.73. The van der Waals surface area contributed by atoms with Crippen LogP contribution in [0.25, 0.3) is 0 Å². The molecule has 5 rings (SSSR count). The number of hydrogen-bond acceptors (Lipinski definition) is 3. The molecule has 7 heteroatoms. The Morgan fingerprint density at radius 3 is 2.69 bits per heavy atom. The molecule has 2 aromatic carbocycles. The topological polar surface area (TPSA) is 69.7 Å². The Kier molecular flexibility index (Phi) is 4.99. The van der Waals surface area contributed by atoms with Crippen molar-refractivity contribution in [3.05, 3.63) is 71.0 Å². The number of fused-ring (bicyclic) bond motifs is 2. The first-order valence-corrected chi connectivity index (χ1v) is 11.2. The van der Waals surface area contributed by atoms with E-state index in [1.54, 1.807) is 6.07 Å². The number of rotatable bonds is 6. The summed E-state index contributed by atoms with van der Waals surface area (Å²) >= 11 is 0. The van der Waals surface area contributed by atoms with Crippen LogP contribution in [0.2, 0.25) is 0 Å². The summed E-state index contributed by atoms with van der Waals surface area (Å²) in [6.07, 6.45) is 2.99. The Labute approximate surface area is 186 Å². The molecule has 1 heterocycles. The first-order chi connectivity index (χ1) is 15.4. The standard InChI is InChI=1S/C25H26FN3O3/c1-16(18-7-8-18)28(14-17-5-3-2-4-6-17)22(30)15-29-24(32)27-23(31)25(29)12-11-19-13-20(26)9-10-21(19)25/h2-6,9-10,13,16,18H,7-8,11-12,14-15H2,1H3,(H,27,31,32). The number of hydrogen-bond donors (Lipinski definition) is 1. The molecule has 1 spiro atoms. The van der Waals surface area contributed by atoms with Gasteiger partial charge in [0.1, 0.15) is 17.9 Å². The lowest BCUT2D eigenvalue weighted by Gasteiger charge is -2.36. The van der Waals surface area contributed by atoms with Crippen LogP contribution in [-0.2, 0) is 28.1 Å². The van der Waals surface area contributed by atoms with E-state index in [-0.39, 0.29) is 24.3 Å². The van der Waals surface area contributed by atoms with Crippen molar-refractivity contribution in [1.82, 2.24) is 15.1 Å². The van der Waals surface area contributed by atoms with Gasteiger partial charge in [-0.25, -0.2) is 9.18 Å². The highest BCUT2D eigenvalue weighted by molar-refractivity contribution is 6.09. The van der Waals surface area contributed by atoms with Crippen molar-refractivity contribution in [3.8, 4) is 0 Å². The molecule has 0 radical (unpaired) electrons. The average Bonchev–Trinajstić information content (AvgIpc) is 3.52. The number of nitrogens with one attached hydrogen (secondary N) is 1. The number of carbonyl (C=O) groups excluding carboxylic acids is 3. The first kappa shape index (κ1) is 20.7. The molecule has 1 N–H and O–H groups in total. The van der Waals surface area contributed by atoms with Crippen LogP contribution in [0.1, 0.15) is 42.9 Å². The van der Waals surface area contributed by atoms with Gasteiger partial charge in [-0.15, -0.1) is 0 Å². The smallest absolute Gasteiger partial charge is 0.325 e. The van der Waals surface area contributed by atoms with Crippen molar-refractivity contribution in [2.45, 2.75) is 50.7 Å². The van der Waals surface area contributed by atoms with Gasteiger partial charge in [-0.2, -0.15) is 0 Å². The van der Waals surface area contributed by atoms with E-state index in [0.717, 1.165) is 18.4 Å². The van der Waals surface area contributed by atoms with Crippen LogP contribution in [0.4, 0.5) is 9.18 Å². The molecule has 3 aliphatic rings. The van der Waals surface area contributed by atoms with Crippen LogP contribution >= 0.6 is 0 Å². The van der Waals surface area contributed by atoms with Gasteiger partial charge < -0.3 is 4.90 Å². The molecule has 0 aromatic heterocycles. The summed E-state index contributed by atoms with van der Waals surface area (Å²) in [5, 5.41) is 2.40. The summed E-state index contributed by atoms with van der Waals surface area (Å²) in [4.78, 5) is 42.5. The molecule has 1 saturated heterocycles. The Balaban J connectivity index is 1.45. The van der Waals surface area contributed by atoms with Crippen LogP contribution in [0, 0.1) is 11.7 Å². The van der Waals surface area contributed by atoms with Gasteiger partial charge in [-0.05, 0) is 67.3 Å². The number of nitrogens with zero attached hydrogens (tertiary/aromatic N) is 2. The van der Waals surface area contributed by atoms with Crippen molar-refractivity contribution in [3.63, 3.8) is 0 Å². The maximum atomic E-state index is 13.8. The fraction of sp³-hybridized carbons (Fsp3) is 0.400. The Morgan fingerprint density at radius 1 is 1.22 bits per heavy atom. The lowest BCUT2D eigenvalue weighted by molar-refractivity contribution is -0.137. The molecule has 2 fully saturated rings. The number of amides is 4. The Morgan fingerprint density at radius 2 is 1.97 bits per heavy atom. The van der Waals surface area contributed by atoms with Gasteiger partial charge in [0.05, 0.1) is 0 Å². The maximum absolute atomic E-state index is 13.8. The van der Waals surface area contributed by atoms with E-state index in [0.29, 0.717) is 36.4 Å². The molecule has 166 valence electrons. The van der Waals surface area contributed by atoms with E-state index in [4.69, 9.17) is 0 Å². The minimum Gasteiger partial charge on any atom is -0.334 e. The minimum absolute atomic E-state index is 0.0463. The molecule has 32 heavy (non-hydrogen) atoms. The van der Waals surface area contributed by atoms with Gasteiger partial charge in [0.25, 0.3) is 5.91 Å². The highest BCUT2D eigenvalue weighted by atomic mass is 19.1. The summed E-state index contributed by atoms with van der Waals surface area (Å²) in [6, 6.07) is 13.5. The summed E-state index contributed by atoms with van der Waals surface area (Å²) in [7, 11) is 0. The Bertz CT molecular complexity index is 1090. The molecule has 2 aromatic rings. The molecular formula is C25H26FN3O3. The quantitative estimate of drug-likeness (QED) is 0.708. The molecule has 1 aliphatic heterocycles. The summed E-state index contributed by atoms with van der Waals surface area (Å²) in [6.45, 7) is 2.31. The molecule has 2 aliphatic carbocycles. The van der Waals surface area contributed by atoms with Crippen LogP contribution in [0.3, 0.4) is 0 Å². The van der Waals surface area contributed by atoms with Crippen molar-refractivity contribution in [2.24, 2.45) is 5.92 Å². The SMILES string of the molecule is CC(C1CC1)N(Cc1ccccc1)C(=O)CN1C(=O)NC(=O)C12CCc1cc(F)ccc12. The molecule has 0 bridgehead atoms. The predicted octanol–water partition coefficient (Wildman–Crippen LogP) is 3.35. The maximum Gasteiger partial charge on any atom is 0.325 e. The molecule has 6 nitrogen and oxygen atoms in total. The number of aryl methyl sites for hydroxylation is 1. The summed E-state index contributed by atoms with van der Waals surface area (Å²) < 4.78 is 13.8. The number of carbonyl (C=O) groups is 3. The molecule has 2 atom stereocenters. The fourth-order valence-electron chi connectivity index (χ4n) is 5.21. The van der Waals surface area contributed by atoms with E-state index in [9.17, 15) is 18.8 Å². The van der Waals surface area contributed by atoms with E-state index in [1.807, 2.05) is 35.2 Å². The van der Waals surface area contributed by atoms with E-state index in [1.165, 1.54) is 17.0 Å². The predicted molar refractivity (Wildman–Crippen MR) is 116 cm³/mol. The van der Waals surface area contributed by atoms with Gasteiger partial charge in [0, 0.05) is 12.6 Å². The number of benzene rings is 2. The number of halogens is 1. The first-order valence-electron chi connectivity index (χ1n) is 11.2. The third-order valence-corrected chi connectivity index (χ3v) is 7.18. The minimum atomic E-state index is -1.25. The van der Waals surface area contributed by atoms with Crippen molar-refractivity contribution in [1.29, 1.82) is 0 Å². The second-order valence-corrected chi connectivity index (χ2v) is 9.09. The van der Waals surface area contributed by atoms with Crippen LogP contribution in [0.5, 0.6) is 0 Å². The lowest BCUT2D eigenvalue weighted by Crippen LogP contribution is -2.51. The number of imide groups is 1. The Hall–Kier alpha value is -3.22. The summed E-state index contributed by atoms with van der Waals surface area (Å²) in [5.41, 5.74) is 1.09. The third kappa shape index (κ3) is 3.36. The van der Waals surface area contributed by atoms with Crippen LogP contribution in [-0.4, -0.2) is 40.2 Å². The van der Waals surface area contributed by atoms with Crippen LogP contribution in [0.15, 0.2) is 48.5 Å². The average molecular weight is 435 g/mol. The van der Waals surface area contributed by atoms with Crippen molar-refractivity contribution in [2.75, 3.05) is 6.54 Å². The van der Waals surface area contributed by atoms with E-state index >= 15 is 0 Å².